The van der Waals surface area contributed by atoms with Crippen LogP contribution in [0.1, 0.15) is 41.3 Å². The van der Waals surface area contributed by atoms with Crippen LogP contribution in [0.4, 0.5) is 0 Å². The molecular weight excluding hydrogens is 279 g/mol. The second-order valence-electron chi connectivity index (χ2n) is 4.73. The Bertz CT molecular complexity index is 601. The maximum absolute atomic E-state index is 12.3. The predicted octanol–water partition coefficient (Wildman–Crippen LogP) is 5.35. The topological polar surface area (TPSA) is 17.1 Å². The second-order valence-corrected chi connectivity index (χ2v) is 5.57. The van der Waals surface area contributed by atoms with Gasteiger partial charge in [-0.05, 0) is 29.7 Å². The molecule has 2 aromatic carbocycles. The molecule has 19 heavy (non-hydrogen) atoms. The number of benzene rings is 2. The number of hydrogen-bond acceptors (Lipinski definition) is 1. The van der Waals surface area contributed by atoms with E-state index in [1.807, 2.05) is 24.3 Å². The van der Waals surface area contributed by atoms with E-state index in [2.05, 4.69) is 13.8 Å². The van der Waals surface area contributed by atoms with Gasteiger partial charge in [-0.25, -0.2) is 0 Å². The largest absolute Gasteiger partial charge is 0.289 e. The van der Waals surface area contributed by atoms with Gasteiger partial charge in [0.1, 0.15) is 0 Å². The van der Waals surface area contributed by atoms with Crippen LogP contribution in [0, 0.1) is 0 Å². The first kappa shape index (κ1) is 14.1. The number of rotatable bonds is 3. The van der Waals surface area contributed by atoms with E-state index in [4.69, 9.17) is 23.2 Å². The Morgan fingerprint density at radius 3 is 2.16 bits per heavy atom. The lowest BCUT2D eigenvalue weighted by molar-refractivity contribution is 0.103. The Balaban J connectivity index is 2.33. The quantitative estimate of drug-likeness (QED) is 0.697. The van der Waals surface area contributed by atoms with Gasteiger partial charge in [0, 0.05) is 16.1 Å². The molecule has 0 aliphatic heterocycles. The third kappa shape index (κ3) is 3.17. The highest BCUT2D eigenvalue weighted by Crippen LogP contribution is 2.24. The van der Waals surface area contributed by atoms with Crippen molar-refractivity contribution in [2.75, 3.05) is 0 Å². The smallest absolute Gasteiger partial charge is 0.194 e. The fourth-order valence-electron chi connectivity index (χ4n) is 1.85. The predicted molar refractivity (Wildman–Crippen MR) is 80.4 cm³/mol. The van der Waals surface area contributed by atoms with Crippen molar-refractivity contribution < 1.29 is 4.79 Å². The van der Waals surface area contributed by atoms with E-state index in [0.717, 1.165) is 0 Å². The van der Waals surface area contributed by atoms with Gasteiger partial charge in [-0.15, -0.1) is 0 Å². The van der Waals surface area contributed by atoms with Crippen molar-refractivity contribution in [1.29, 1.82) is 0 Å². The molecule has 0 aliphatic rings. The number of carbonyl (C=O) groups is 1. The van der Waals surface area contributed by atoms with Crippen LogP contribution in [0.5, 0.6) is 0 Å². The summed E-state index contributed by atoms with van der Waals surface area (Å²) in [4.78, 5) is 12.3. The van der Waals surface area contributed by atoms with E-state index in [1.165, 1.54) is 5.56 Å². The first-order chi connectivity index (χ1) is 8.99. The normalized spacial score (nSPS) is 10.8. The molecule has 0 N–H and O–H groups in total. The van der Waals surface area contributed by atoms with E-state index in [9.17, 15) is 4.79 Å². The highest BCUT2D eigenvalue weighted by molar-refractivity contribution is 6.37. The van der Waals surface area contributed by atoms with Gasteiger partial charge in [-0.3, -0.25) is 4.79 Å². The van der Waals surface area contributed by atoms with E-state index < -0.39 is 0 Å². The molecule has 1 nitrogen and oxygen atoms in total. The summed E-state index contributed by atoms with van der Waals surface area (Å²) in [7, 11) is 0. The minimum atomic E-state index is -0.0861. The maximum Gasteiger partial charge on any atom is 0.194 e. The molecule has 0 saturated carbocycles. The molecule has 0 heterocycles. The molecule has 0 atom stereocenters. The summed E-state index contributed by atoms with van der Waals surface area (Å²) in [6.45, 7) is 4.24. The van der Waals surface area contributed by atoms with E-state index in [0.29, 0.717) is 27.1 Å². The van der Waals surface area contributed by atoms with E-state index in [1.54, 1.807) is 18.2 Å². The van der Waals surface area contributed by atoms with Crippen molar-refractivity contribution in [3.05, 3.63) is 69.2 Å². The van der Waals surface area contributed by atoms with E-state index in [-0.39, 0.29) is 5.78 Å². The first-order valence-electron chi connectivity index (χ1n) is 6.08. The number of hydrogen-bond donors (Lipinski definition) is 0. The van der Waals surface area contributed by atoms with Crippen LogP contribution in [0.3, 0.4) is 0 Å². The van der Waals surface area contributed by atoms with E-state index >= 15 is 0 Å². The Labute approximate surface area is 123 Å². The lowest BCUT2D eigenvalue weighted by atomic mass is 9.98. The molecule has 98 valence electrons. The molecule has 2 rings (SSSR count). The Kier molecular flexibility index (Phi) is 4.28. The zero-order valence-electron chi connectivity index (χ0n) is 10.8. The fraction of sp³-hybridized carbons (Fsp3) is 0.188. The Hall–Kier alpha value is -1.31. The standard InChI is InChI=1S/C16H14Cl2O/c1-10(2)11-3-5-12(6-4-11)16(19)14-8-7-13(17)9-15(14)18/h3-10H,1-2H3. The van der Waals surface area contributed by atoms with Gasteiger partial charge in [0.15, 0.2) is 5.78 Å². The van der Waals surface area contributed by atoms with Crippen LogP contribution in [-0.4, -0.2) is 5.78 Å². The molecule has 2 aromatic rings. The SMILES string of the molecule is CC(C)c1ccc(C(=O)c2ccc(Cl)cc2Cl)cc1. The summed E-state index contributed by atoms with van der Waals surface area (Å²) >= 11 is 11.9. The van der Waals surface area contributed by atoms with Gasteiger partial charge >= 0.3 is 0 Å². The Morgan fingerprint density at radius 1 is 1.00 bits per heavy atom. The average Bonchev–Trinajstić information content (AvgIpc) is 2.38. The van der Waals surface area contributed by atoms with Crippen LogP contribution in [0.2, 0.25) is 10.0 Å². The van der Waals surface area contributed by atoms with Crippen molar-refractivity contribution in [3.63, 3.8) is 0 Å². The monoisotopic (exact) mass is 292 g/mol. The van der Waals surface area contributed by atoms with Crippen LogP contribution in [0.15, 0.2) is 42.5 Å². The van der Waals surface area contributed by atoms with Crippen LogP contribution in [-0.2, 0) is 0 Å². The van der Waals surface area contributed by atoms with Gasteiger partial charge in [0.2, 0.25) is 0 Å². The molecule has 0 aromatic heterocycles. The molecule has 0 aliphatic carbocycles. The van der Waals surface area contributed by atoms with Crippen molar-refractivity contribution in [3.8, 4) is 0 Å². The average molecular weight is 293 g/mol. The minimum Gasteiger partial charge on any atom is -0.289 e. The molecule has 0 saturated heterocycles. The molecule has 0 bridgehead atoms. The highest BCUT2D eigenvalue weighted by Gasteiger charge is 2.13. The summed E-state index contributed by atoms with van der Waals surface area (Å²) < 4.78 is 0. The molecule has 3 heteroatoms. The summed E-state index contributed by atoms with van der Waals surface area (Å²) in [5, 5.41) is 0.905. The molecular formula is C16H14Cl2O. The minimum absolute atomic E-state index is 0.0861. The number of carbonyl (C=O) groups excluding carboxylic acids is 1. The first-order valence-corrected chi connectivity index (χ1v) is 6.84. The van der Waals surface area contributed by atoms with Gasteiger partial charge in [-0.1, -0.05) is 61.3 Å². The van der Waals surface area contributed by atoms with Gasteiger partial charge in [0.05, 0.1) is 5.02 Å². The van der Waals surface area contributed by atoms with Crippen molar-refractivity contribution in [2.45, 2.75) is 19.8 Å². The Morgan fingerprint density at radius 2 is 1.63 bits per heavy atom. The number of ketones is 1. The van der Waals surface area contributed by atoms with Crippen molar-refractivity contribution >= 4 is 29.0 Å². The maximum atomic E-state index is 12.3. The summed E-state index contributed by atoms with van der Waals surface area (Å²) in [5.41, 5.74) is 2.32. The van der Waals surface area contributed by atoms with Gasteiger partial charge < -0.3 is 0 Å². The van der Waals surface area contributed by atoms with Crippen molar-refractivity contribution in [2.24, 2.45) is 0 Å². The molecule has 0 amide bonds. The fourth-order valence-corrected chi connectivity index (χ4v) is 2.34. The van der Waals surface area contributed by atoms with Crippen LogP contribution in [0.25, 0.3) is 0 Å². The molecule has 0 spiro atoms. The number of halogens is 2. The lowest BCUT2D eigenvalue weighted by Crippen LogP contribution is -2.02. The third-order valence-corrected chi connectivity index (χ3v) is 3.56. The van der Waals surface area contributed by atoms with Crippen LogP contribution < -0.4 is 0 Å². The zero-order chi connectivity index (χ0) is 14.0. The highest BCUT2D eigenvalue weighted by atomic mass is 35.5. The van der Waals surface area contributed by atoms with Gasteiger partial charge in [-0.2, -0.15) is 0 Å². The zero-order valence-corrected chi connectivity index (χ0v) is 12.3. The lowest BCUT2D eigenvalue weighted by Gasteiger charge is -2.07. The summed E-state index contributed by atoms with van der Waals surface area (Å²) in [6.07, 6.45) is 0. The summed E-state index contributed by atoms with van der Waals surface area (Å²) in [6, 6.07) is 12.5. The third-order valence-electron chi connectivity index (χ3n) is 3.02. The summed E-state index contributed by atoms with van der Waals surface area (Å²) in [5.74, 6) is 0.361. The molecule has 0 radical (unpaired) electrons. The van der Waals surface area contributed by atoms with Crippen LogP contribution >= 0.6 is 23.2 Å². The second kappa shape index (κ2) is 5.77. The molecule has 0 fully saturated rings. The van der Waals surface area contributed by atoms with Gasteiger partial charge in [0.25, 0.3) is 0 Å². The van der Waals surface area contributed by atoms with Crippen molar-refractivity contribution in [1.82, 2.24) is 0 Å². The molecule has 0 unspecified atom stereocenters.